The highest BCUT2D eigenvalue weighted by atomic mass is 127. The van der Waals surface area contributed by atoms with Crippen molar-refractivity contribution in [2.24, 2.45) is 0 Å². The molecule has 1 aliphatic rings. The van der Waals surface area contributed by atoms with Crippen LogP contribution in [0.25, 0.3) is 0 Å². The van der Waals surface area contributed by atoms with Gasteiger partial charge < -0.3 is 28.7 Å². The van der Waals surface area contributed by atoms with Crippen molar-refractivity contribution in [3.05, 3.63) is 48.0 Å². The van der Waals surface area contributed by atoms with E-state index in [1.165, 1.54) is 24.0 Å². The average molecular weight is 384 g/mol. The van der Waals surface area contributed by atoms with E-state index in [1.807, 2.05) is 0 Å². The molecule has 0 radical (unpaired) electrons. The van der Waals surface area contributed by atoms with E-state index in [2.05, 4.69) is 53.0 Å². The second-order valence-corrected chi connectivity index (χ2v) is 5.22. The van der Waals surface area contributed by atoms with Crippen LogP contribution in [0.3, 0.4) is 0 Å². The molecule has 3 nitrogen and oxygen atoms in total. The van der Waals surface area contributed by atoms with Crippen LogP contribution in [-0.2, 0) is 19.5 Å². The summed E-state index contributed by atoms with van der Waals surface area (Å²) in [5.74, 6) is 1.06. The minimum Gasteiger partial charge on any atom is -1.00 e. The zero-order valence-electron chi connectivity index (χ0n) is 11.9. The Bertz CT molecular complexity index is 565. The van der Waals surface area contributed by atoms with Crippen LogP contribution in [-0.4, -0.2) is 11.2 Å². The minimum atomic E-state index is 0. The Morgan fingerprint density at radius 1 is 1.35 bits per heavy atom. The zero-order valence-corrected chi connectivity index (χ0v) is 14.0. The number of aromatic nitrogens is 2. The summed E-state index contributed by atoms with van der Waals surface area (Å²) < 4.78 is 10.0. The van der Waals surface area contributed by atoms with Crippen LogP contribution in [0, 0.1) is 0 Å². The van der Waals surface area contributed by atoms with E-state index in [9.17, 15) is 0 Å². The van der Waals surface area contributed by atoms with Gasteiger partial charge in [-0.1, -0.05) is 19.4 Å². The minimum absolute atomic E-state index is 0. The number of imidazole rings is 1. The monoisotopic (exact) mass is 384 g/mol. The van der Waals surface area contributed by atoms with Crippen molar-refractivity contribution < 1.29 is 33.3 Å². The second kappa shape index (κ2) is 7.11. The molecule has 1 aliphatic heterocycles. The maximum Gasteiger partial charge on any atom is 0.244 e. The van der Waals surface area contributed by atoms with E-state index in [0.717, 1.165) is 31.9 Å². The first-order chi connectivity index (χ1) is 9.35. The first kappa shape index (κ1) is 15.4. The topological polar surface area (TPSA) is 18.0 Å². The van der Waals surface area contributed by atoms with Crippen LogP contribution >= 0.6 is 0 Å². The summed E-state index contributed by atoms with van der Waals surface area (Å²) in [6.07, 6.45) is 10.0. The Morgan fingerprint density at radius 2 is 2.25 bits per heavy atom. The Hall–Kier alpha value is -1.04. The van der Waals surface area contributed by atoms with Gasteiger partial charge in [0.25, 0.3) is 0 Å². The molecule has 0 bridgehead atoms. The van der Waals surface area contributed by atoms with Gasteiger partial charge in [-0.25, -0.2) is 9.13 Å². The number of benzene rings is 1. The molecule has 0 aliphatic carbocycles. The fourth-order valence-electron chi connectivity index (χ4n) is 2.55. The third-order valence-corrected chi connectivity index (χ3v) is 3.64. The van der Waals surface area contributed by atoms with Crippen molar-refractivity contribution in [1.29, 1.82) is 0 Å². The molecule has 0 saturated heterocycles. The third kappa shape index (κ3) is 3.53. The number of rotatable bonds is 5. The molecule has 0 saturated carbocycles. The van der Waals surface area contributed by atoms with Crippen LogP contribution in [0.4, 0.5) is 0 Å². The lowest BCUT2D eigenvalue weighted by Crippen LogP contribution is -3.00. The molecule has 0 fully saturated rings. The zero-order chi connectivity index (χ0) is 13.1. The third-order valence-electron chi connectivity index (χ3n) is 3.64. The van der Waals surface area contributed by atoms with Gasteiger partial charge in [0.15, 0.2) is 0 Å². The van der Waals surface area contributed by atoms with Crippen LogP contribution in [0.5, 0.6) is 5.75 Å². The smallest absolute Gasteiger partial charge is 0.244 e. The first-order valence-electron chi connectivity index (χ1n) is 7.14. The van der Waals surface area contributed by atoms with Gasteiger partial charge in [0.1, 0.15) is 24.7 Å². The summed E-state index contributed by atoms with van der Waals surface area (Å²) in [5, 5.41) is 0. The highest BCUT2D eigenvalue weighted by Gasteiger charge is 2.13. The number of hydrogen-bond donors (Lipinski definition) is 0. The van der Waals surface area contributed by atoms with E-state index in [-0.39, 0.29) is 24.0 Å². The molecule has 20 heavy (non-hydrogen) atoms. The van der Waals surface area contributed by atoms with Crippen LogP contribution in [0.1, 0.15) is 30.9 Å². The molecular weight excluding hydrogens is 363 g/mol. The molecule has 0 N–H and O–H groups in total. The van der Waals surface area contributed by atoms with Crippen LogP contribution in [0.2, 0.25) is 0 Å². The van der Waals surface area contributed by atoms with Gasteiger partial charge in [-0.2, -0.15) is 0 Å². The maximum atomic E-state index is 5.54. The molecule has 0 atom stereocenters. The first-order valence-corrected chi connectivity index (χ1v) is 7.14. The van der Waals surface area contributed by atoms with Crippen molar-refractivity contribution in [3.8, 4) is 5.75 Å². The van der Waals surface area contributed by atoms with E-state index < -0.39 is 0 Å². The summed E-state index contributed by atoms with van der Waals surface area (Å²) in [6.45, 7) is 5.11. The highest BCUT2D eigenvalue weighted by molar-refractivity contribution is 5.39. The second-order valence-electron chi connectivity index (χ2n) is 5.22. The Labute approximate surface area is 137 Å². The average Bonchev–Trinajstić information content (AvgIpc) is 3.05. The highest BCUT2D eigenvalue weighted by Crippen LogP contribution is 2.25. The van der Waals surface area contributed by atoms with Gasteiger partial charge in [-0.15, -0.1) is 0 Å². The summed E-state index contributed by atoms with van der Waals surface area (Å²) in [4.78, 5) is 0. The predicted octanol–water partition coefficient (Wildman–Crippen LogP) is -0.437. The number of nitrogens with zero attached hydrogens (tertiary/aromatic N) is 2. The Kier molecular flexibility index (Phi) is 5.46. The Balaban J connectivity index is 0.00000147. The molecule has 1 aromatic carbocycles. The SMILES string of the molecule is CCCCn1cc[n+](Cc2ccc3c(c2)CCO3)c1.[I-]. The summed E-state index contributed by atoms with van der Waals surface area (Å²) >= 11 is 0. The summed E-state index contributed by atoms with van der Waals surface area (Å²) in [5.41, 5.74) is 2.70. The lowest BCUT2D eigenvalue weighted by atomic mass is 10.1. The number of ether oxygens (including phenoxy) is 1. The fourth-order valence-corrected chi connectivity index (χ4v) is 2.55. The molecule has 108 valence electrons. The van der Waals surface area contributed by atoms with E-state index in [4.69, 9.17) is 4.74 Å². The maximum absolute atomic E-state index is 5.54. The number of aryl methyl sites for hydroxylation is 1. The van der Waals surface area contributed by atoms with Gasteiger partial charge in [-0.05, 0) is 29.7 Å². The number of fused-ring (bicyclic) bond motifs is 1. The summed E-state index contributed by atoms with van der Waals surface area (Å²) in [7, 11) is 0. The van der Waals surface area contributed by atoms with Gasteiger partial charge in [-0.3, -0.25) is 0 Å². The molecular formula is C16H21IN2O. The van der Waals surface area contributed by atoms with Gasteiger partial charge in [0.05, 0.1) is 13.2 Å². The number of halogens is 1. The fraction of sp³-hybridized carbons (Fsp3) is 0.438. The quantitative estimate of drug-likeness (QED) is 0.505. The number of hydrogen-bond acceptors (Lipinski definition) is 1. The van der Waals surface area contributed by atoms with E-state index in [0.29, 0.717) is 0 Å². The van der Waals surface area contributed by atoms with Gasteiger partial charge in [0.2, 0.25) is 6.33 Å². The molecule has 3 rings (SSSR count). The van der Waals surface area contributed by atoms with E-state index in [1.54, 1.807) is 0 Å². The standard InChI is InChI=1S/C16H21N2O.HI/c1-2-3-7-17-8-9-18(13-17)12-14-4-5-16-15(11-14)6-10-19-16;/h4-5,8-9,11,13H,2-3,6-7,10,12H2,1H3;1H/q+1;/p-1. The van der Waals surface area contributed by atoms with Crippen molar-refractivity contribution in [3.63, 3.8) is 0 Å². The lowest BCUT2D eigenvalue weighted by Gasteiger charge is -2.02. The van der Waals surface area contributed by atoms with Crippen LogP contribution in [0.15, 0.2) is 36.9 Å². The van der Waals surface area contributed by atoms with Crippen molar-refractivity contribution in [2.45, 2.75) is 39.3 Å². The van der Waals surface area contributed by atoms with Gasteiger partial charge >= 0.3 is 0 Å². The van der Waals surface area contributed by atoms with Crippen molar-refractivity contribution in [2.75, 3.05) is 6.61 Å². The normalized spacial score (nSPS) is 12.7. The lowest BCUT2D eigenvalue weighted by molar-refractivity contribution is -0.687. The van der Waals surface area contributed by atoms with Crippen molar-refractivity contribution >= 4 is 0 Å². The predicted molar refractivity (Wildman–Crippen MR) is 74.3 cm³/mol. The van der Waals surface area contributed by atoms with Crippen LogP contribution < -0.4 is 33.3 Å². The molecule has 4 heteroatoms. The summed E-state index contributed by atoms with van der Waals surface area (Å²) in [6, 6.07) is 6.55. The molecule has 2 heterocycles. The Morgan fingerprint density at radius 3 is 3.10 bits per heavy atom. The van der Waals surface area contributed by atoms with E-state index >= 15 is 0 Å². The molecule has 2 aromatic rings. The number of unbranched alkanes of at least 4 members (excludes halogenated alkanes) is 1. The van der Waals surface area contributed by atoms with Gasteiger partial charge in [0, 0.05) is 6.42 Å². The molecule has 0 unspecified atom stereocenters. The van der Waals surface area contributed by atoms with Crippen molar-refractivity contribution in [1.82, 2.24) is 4.57 Å². The molecule has 0 amide bonds. The molecule has 1 aromatic heterocycles. The largest absolute Gasteiger partial charge is 1.00 e. The molecule has 0 spiro atoms.